The minimum Gasteiger partial charge on any atom is -0.350 e. The summed E-state index contributed by atoms with van der Waals surface area (Å²) < 4.78 is 27.0. The van der Waals surface area contributed by atoms with Gasteiger partial charge in [-0.25, -0.2) is 8.42 Å². The molecule has 1 N–H and O–H groups in total. The van der Waals surface area contributed by atoms with Gasteiger partial charge in [-0.1, -0.05) is 30.3 Å². The van der Waals surface area contributed by atoms with E-state index in [1.54, 1.807) is 36.4 Å². The van der Waals surface area contributed by atoms with Crippen molar-refractivity contribution in [1.82, 2.24) is 5.32 Å². The van der Waals surface area contributed by atoms with E-state index in [0.717, 1.165) is 0 Å². The van der Waals surface area contributed by atoms with E-state index in [2.05, 4.69) is 5.32 Å². The van der Waals surface area contributed by atoms with Crippen molar-refractivity contribution in [3.05, 3.63) is 60.2 Å². The van der Waals surface area contributed by atoms with Gasteiger partial charge in [-0.3, -0.25) is 9.10 Å². The first-order chi connectivity index (χ1) is 10.8. The van der Waals surface area contributed by atoms with Gasteiger partial charge in [0, 0.05) is 13.1 Å². The van der Waals surface area contributed by atoms with E-state index in [4.69, 9.17) is 0 Å². The summed E-state index contributed by atoms with van der Waals surface area (Å²) in [6, 6.07) is 14.9. The topological polar surface area (TPSA) is 66.5 Å². The number of carbonyl (C=O) groups excluding carboxylic acids is 1. The number of nitrogens with zero attached hydrogens (tertiary/aromatic N) is 1. The molecule has 2 aromatic rings. The van der Waals surface area contributed by atoms with Crippen LogP contribution in [0.1, 0.15) is 24.2 Å². The molecule has 2 rings (SSSR count). The smallest absolute Gasteiger partial charge is 0.264 e. The quantitative estimate of drug-likeness (QED) is 0.915. The molecule has 122 valence electrons. The van der Waals surface area contributed by atoms with Crippen LogP contribution < -0.4 is 9.62 Å². The maximum Gasteiger partial charge on any atom is 0.264 e. The minimum atomic E-state index is -3.83. The van der Waals surface area contributed by atoms with Crippen molar-refractivity contribution in [1.29, 1.82) is 0 Å². The molecule has 0 fully saturated rings. The monoisotopic (exact) mass is 332 g/mol. The van der Waals surface area contributed by atoms with Crippen LogP contribution >= 0.6 is 0 Å². The third-order valence-electron chi connectivity index (χ3n) is 3.31. The van der Waals surface area contributed by atoms with Crippen LogP contribution in [-0.2, 0) is 10.0 Å². The fraction of sp³-hybridized carbons (Fsp3) is 0.235. The van der Waals surface area contributed by atoms with Crippen molar-refractivity contribution in [3.63, 3.8) is 0 Å². The Labute approximate surface area is 137 Å². The van der Waals surface area contributed by atoms with Crippen LogP contribution in [0.15, 0.2) is 59.5 Å². The Balaban J connectivity index is 2.47. The van der Waals surface area contributed by atoms with Crippen LogP contribution in [0.5, 0.6) is 0 Å². The van der Waals surface area contributed by atoms with Crippen molar-refractivity contribution in [2.75, 3.05) is 11.4 Å². The van der Waals surface area contributed by atoms with Gasteiger partial charge in [-0.05, 0) is 38.1 Å². The summed E-state index contributed by atoms with van der Waals surface area (Å²) in [5, 5.41) is 2.73. The summed E-state index contributed by atoms with van der Waals surface area (Å²) in [7, 11) is -2.36. The largest absolute Gasteiger partial charge is 0.350 e. The molecule has 0 unspecified atom stereocenters. The zero-order valence-electron chi connectivity index (χ0n) is 13.4. The number of rotatable bonds is 5. The fourth-order valence-corrected chi connectivity index (χ4v) is 3.53. The minimum absolute atomic E-state index is 0.00972. The number of amides is 1. The number of nitrogens with one attached hydrogen (secondary N) is 1. The Bertz CT molecular complexity index is 786. The zero-order chi connectivity index (χ0) is 17.0. The standard InChI is InChI=1S/C17H20N2O3S/c1-13(2)18-17(20)15-11-7-8-12-16(15)23(21,22)19(3)14-9-5-4-6-10-14/h4-13H,1-3H3,(H,18,20). The number of para-hydroxylation sites is 1. The Morgan fingerprint density at radius 1 is 1.00 bits per heavy atom. The second-order valence-corrected chi connectivity index (χ2v) is 7.37. The summed E-state index contributed by atoms with van der Waals surface area (Å²) >= 11 is 0. The molecule has 1 amide bonds. The highest BCUT2D eigenvalue weighted by molar-refractivity contribution is 7.92. The maximum absolute atomic E-state index is 12.9. The lowest BCUT2D eigenvalue weighted by Gasteiger charge is -2.21. The number of hydrogen-bond donors (Lipinski definition) is 1. The molecule has 0 aliphatic carbocycles. The van der Waals surface area contributed by atoms with Crippen LogP contribution in [-0.4, -0.2) is 27.4 Å². The fourth-order valence-electron chi connectivity index (χ4n) is 2.14. The van der Waals surface area contributed by atoms with Gasteiger partial charge in [0.1, 0.15) is 4.90 Å². The number of hydrogen-bond acceptors (Lipinski definition) is 3. The van der Waals surface area contributed by atoms with Crippen LogP contribution in [0.2, 0.25) is 0 Å². The normalized spacial score (nSPS) is 11.3. The molecule has 0 saturated carbocycles. The maximum atomic E-state index is 12.9. The molecule has 0 atom stereocenters. The van der Waals surface area contributed by atoms with Gasteiger partial charge in [0.25, 0.3) is 15.9 Å². The summed E-state index contributed by atoms with van der Waals surface area (Å²) in [6.45, 7) is 3.65. The first-order valence-electron chi connectivity index (χ1n) is 7.28. The number of anilines is 1. The van der Waals surface area contributed by atoms with Gasteiger partial charge in [-0.2, -0.15) is 0 Å². The summed E-state index contributed by atoms with van der Waals surface area (Å²) in [6.07, 6.45) is 0. The molecule has 0 heterocycles. The number of sulfonamides is 1. The third kappa shape index (κ3) is 3.71. The van der Waals surface area contributed by atoms with Crippen molar-refractivity contribution < 1.29 is 13.2 Å². The molecule has 0 radical (unpaired) electrons. The molecule has 0 bridgehead atoms. The molecular weight excluding hydrogens is 312 g/mol. The average molecular weight is 332 g/mol. The lowest BCUT2D eigenvalue weighted by molar-refractivity contribution is 0.0940. The predicted molar refractivity (Wildman–Crippen MR) is 91.1 cm³/mol. The van der Waals surface area contributed by atoms with Crippen molar-refractivity contribution in [2.45, 2.75) is 24.8 Å². The Kier molecular flexibility index (Phi) is 5.05. The van der Waals surface area contributed by atoms with E-state index in [1.807, 2.05) is 19.9 Å². The molecule has 0 aliphatic heterocycles. The van der Waals surface area contributed by atoms with E-state index in [0.29, 0.717) is 5.69 Å². The Morgan fingerprint density at radius 3 is 2.17 bits per heavy atom. The first kappa shape index (κ1) is 17.0. The van der Waals surface area contributed by atoms with Crippen LogP contribution in [0.3, 0.4) is 0 Å². The lowest BCUT2D eigenvalue weighted by atomic mass is 10.2. The third-order valence-corrected chi connectivity index (χ3v) is 5.15. The molecule has 0 saturated heterocycles. The van der Waals surface area contributed by atoms with Crippen LogP contribution in [0, 0.1) is 0 Å². The highest BCUT2D eigenvalue weighted by Gasteiger charge is 2.26. The van der Waals surface area contributed by atoms with Gasteiger partial charge in [-0.15, -0.1) is 0 Å². The van der Waals surface area contributed by atoms with E-state index in [-0.39, 0.29) is 16.5 Å². The molecule has 6 heteroatoms. The lowest BCUT2D eigenvalue weighted by Crippen LogP contribution is -2.33. The Hall–Kier alpha value is -2.34. The summed E-state index contributed by atoms with van der Waals surface area (Å²) in [4.78, 5) is 12.3. The molecule has 5 nitrogen and oxygen atoms in total. The van der Waals surface area contributed by atoms with E-state index in [9.17, 15) is 13.2 Å². The summed E-state index contributed by atoms with van der Waals surface area (Å²) in [5.41, 5.74) is 0.676. The molecule has 2 aromatic carbocycles. The van der Waals surface area contributed by atoms with Crippen molar-refractivity contribution in [2.24, 2.45) is 0 Å². The van der Waals surface area contributed by atoms with Gasteiger partial charge in [0.05, 0.1) is 11.3 Å². The van der Waals surface area contributed by atoms with Gasteiger partial charge in [0.15, 0.2) is 0 Å². The second-order valence-electron chi connectivity index (χ2n) is 5.43. The van der Waals surface area contributed by atoms with Gasteiger partial charge >= 0.3 is 0 Å². The highest BCUT2D eigenvalue weighted by atomic mass is 32.2. The van der Waals surface area contributed by atoms with E-state index >= 15 is 0 Å². The molecule has 0 spiro atoms. The number of carbonyl (C=O) groups is 1. The molecule has 0 aromatic heterocycles. The molecule has 23 heavy (non-hydrogen) atoms. The average Bonchev–Trinajstić information content (AvgIpc) is 2.54. The van der Waals surface area contributed by atoms with Crippen LogP contribution in [0.25, 0.3) is 0 Å². The first-order valence-corrected chi connectivity index (χ1v) is 8.72. The highest BCUT2D eigenvalue weighted by Crippen LogP contribution is 2.24. The van der Waals surface area contributed by atoms with Crippen LogP contribution in [0.4, 0.5) is 5.69 Å². The van der Waals surface area contributed by atoms with E-state index in [1.165, 1.54) is 23.5 Å². The molecule has 0 aliphatic rings. The van der Waals surface area contributed by atoms with Crippen molar-refractivity contribution >= 4 is 21.6 Å². The molecular formula is C17H20N2O3S. The number of benzene rings is 2. The SMILES string of the molecule is CC(C)NC(=O)c1ccccc1S(=O)(=O)N(C)c1ccccc1. The van der Waals surface area contributed by atoms with Gasteiger partial charge < -0.3 is 5.32 Å². The second kappa shape index (κ2) is 6.83. The van der Waals surface area contributed by atoms with E-state index < -0.39 is 15.9 Å². The predicted octanol–water partition coefficient (Wildman–Crippen LogP) is 2.65. The Morgan fingerprint density at radius 2 is 1.57 bits per heavy atom. The summed E-state index contributed by atoms with van der Waals surface area (Å²) in [5.74, 6) is -0.402. The van der Waals surface area contributed by atoms with Crippen molar-refractivity contribution in [3.8, 4) is 0 Å². The van der Waals surface area contributed by atoms with Gasteiger partial charge in [0.2, 0.25) is 0 Å². The zero-order valence-corrected chi connectivity index (χ0v) is 14.2.